The van der Waals surface area contributed by atoms with E-state index in [0.29, 0.717) is 26.4 Å². The SMILES string of the molecule is c1cc2cc(B3OCCO3)cc3ccc4cc(B5OCCO5)cc1c4c23. The molecule has 2 aliphatic heterocycles. The molecule has 2 saturated heterocycles. The van der Waals surface area contributed by atoms with Crippen LogP contribution in [0.5, 0.6) is 0 Å². The van der Waals surface area contributed by atoms with E-state index < -0.39 is 0 Å². The molecule has 0 aliphatic carbocycles. The van der Waals surface area contributed by atoms with Crippen molar-refractivity contribution in [1.82, 2.24) is 0 Å². The third-order valence-corrected chi connectivity index (χ3v) is 5.37. The zero-order valence-corrected chi connectivity index (χ0v) is 14.2. The van der Waals surface area contributed by atoms with Gasteiger partial charge in [-0.15, -0.1) is 0 Å². The van der Waals surface area contributed by atoms with Crippen LogP contribution in [0.4, 0.5) is 0 Å². The second kappa shape index (κ2) is 5.69. The van der Waals surface area contributed by atoms with Gasteiger partial charge in [-0.1, -0.05) is 48.5 Å². The lowest BCUT2D eigenvalue weighted by atomic mass is 9.75. The molecule has 0 spiro atoms. The van der Waals surface area contributed by atoms with E-state index in [2.05, 4.69) is 48.5 Å². The van der Waals surface area contributed by atoms with E-state index >= 15 is 0 Å². The summed E-state index contributed by atoms with van der Waals surface area (Å²) in [5, 5.41) is 7.46. The first-order valence-electron chi connectivity index (χ1n) is 9.06. The Morgan fingerprint density at radius 2 is 0.808 bits per heavy atom. The highest BCUT2D eigenvalue weighted by Crippen LogP contribution is 2.33. The van der Waals surface area contributed by atoms with E-state index in [0.717, 1.165) is 10.9 Å². The van der Waals surface area contributed by atoms with Gasteiger partial charge in [0, 0.05) is 0 Å². The van der Waals surface area contributed by atoms with Gasteiger partial charge in [-0.25, -0.2) is 0 Å². The van der Waals surface area contributed by atoms with Crippen LogP contribution in [0.15, 0.2) is 48.5 Å². The predicted octanol–water partition coefficient (Wildman–Crippen LogP) is 2.07. The molecule has 2 heterocycles. The molecule has 2 aliphatic rings. The fourth-order valence-corrected chi connectivity index (χ4v) is 4.26. The average Bonchev–Trinajstić information content (AvgIpc) is 3.39. The molecule has 6 rings (SSSR count). The van der Waals surface area contributed by atoms with Gasteiger partial charge in [-0.2, -0.15) is 0 Å². The molecule has 0 saturated carbocycles. The second-order valence-electron chi connectivity index (χ2n) is 6.96. The molecule has 0 unspecified atom stereocenters. The largest absolute Gasteiger partial charge is 0.494 e. The van der Waals surface area contributed by atoms with Gasteiger partial charge in [0.1, 0.15) is 0 Å². The number of hydrogen-bond donors (Lipinski definition) is 0. The molecule has 0 N–H and O–H groups in total. The zero-order chi connectivity index (χ0) is 17.1. The second-order valence-corrected chi connectivity index (χ2v) is 6.96. The van der Waals surface area contributed by atoms with E-state index in [1.54, 1.807) is 0 Å². The molecular formula is C20H16B2O4. The Balaban J connectivity index is 1.59. The molecular weight excluding hydrogens is 326 g/mol. The van der Waals surface area contributed by atoms with Crippen LogP contribution in [0.1, 0.15) is 0 Å². The van der Waals surface area contributed by atoms with Crippen LogP contribution < -0.4 is 10.9 Å². The summed E-state index contributed by atoms with van der Waals surface area (Å²) in [6.45, 7) is 2.63. The minimum atomic E-state index is -0.250. The van der Waals surface area contributed by atoms with Crippen LogP contribution in [0.2, 0.25) is 0 Å². The van der Waals surface area contributed by atoms with Gasteiger partial charge in [-0.3, -0.25) is 0 Å². The summed E-state index contributed by atoms with van der Waals surface area (Å²) in [4.78, 5) is 0. The van der Waals surface area contributed by atoms with Crippen LogP contribution in [-0.2, 0) is 18.6 Å². The minimum Gasteiger partial charge on any atom is -0.405 e. The van der Waals surface area contributed by atoms with Gasteiger partial charge in [0.2, 0.25) is 0 Å². The molecule has 126 valence electrons. The van der Waals surface area contributed by atoms with E-state index in [-0.39, 0.29) is 14.2 Å². The first-order chi connectivity index (χ1) is 12.9. The van der Waals surface area contributed by atoms with Gasteiger partial charge in [-0.05, 0) is 43.2 Å². The lowest BCUT2D eigenvalue weighted by Gasteiger charge is -2.15. The summed E-state index contributed by atoms with van der Waals surface area (Å²) in [5.41, 5.74) is 2.17. The molecule has 6 heteroatoms. The van der Waals surface area contributed by atoms with Crippen molar-refractivity contribution in [3.63, 3.8) is 0 Å². The normalized spacial score (nSPS) is 18.2. The molecule has 4 aromatic rings. The molecule has 0 radical (unpaired) electrons. The van der Waals surface area contributed by atoms with E-state index in [4.69, 9.17) is 18.6 Å². The Hall–Kier alpha value is -2.11. The highest BCUT2D eigenvalue weighted by Gasteiger charge is 2.28. The van der Waals surface area contributed by atoms with Crippen molar-refractivity contribution in [2.24, 2.45) is 0 Å². The third kappa shape index (κ3) is 2.20. The smallest absolute Gasteiger partial charge is 0.405 e. The van der Waals surface area contributed by atoms with E-state index in [1.807, 2.05) is 0 Å². The Labute approximate surface area is 151 Å². The lowest BCUT2D eigenvalue weighted by molar-refractivity contribution is 0.365. The van der Waals surface area contributed by atoms with Crippen LogP contribution in [0.3, 0.4) is 0 Å². The standard InChI is InChI=1S/C20H16B2O4/c1-2-14-10-18(22-25-7-8-26-22)12-16-4-3-15-11-17(21-23-5-6-24-21)9-13(1)19(15)20(14)16/h1-4,9-12H,5-8H2. The molecule has 0 atom stereocenters. The van der Waals surface area contributed by atoms with Gasteiger partial charge in [0.05, 0.1) is 26.4 Å². The number of hydrogen-bond acceptors (Lipinski definition) is 4. The van der Waals surface area contributed by atoms with Crippen molar-refractivity contribution in [3.8, 4) is 0 Å². The fourth-order valence-electron chi connectivity index (χ4n) is 4.26. The molecule has 0 bridgehead atoms. The Kier molecular flexibility index (Phi) is 3.28. The highest BCUT2D eigenvalue weighted by atomic mass is 16.6. The van der Waals surface area contributed by atoms with E-state index in [9.17, 15) is 0 Å². The molecule has 4 aromatic carbocycles. The molecule has 0 amide bonds. The molecule has 2 fully saturated rings. The van der Waals surface area contributed by atoms with Crippen molar-refractivity contribution in [2.45, 2.75) is 0 Å². The predicted molar refractivity (Wildman–Crippen MR) is 105 cm³/mol. The molecule has 4 nitrogen and oxygen atoms in total. The van der Waals surface area contributed by atoms with Crippen molar-refractivity contribution in [1.29, 1.82) is 0 Å². The first kappa shape index (κ1) is 15.0. The highest BCUT2D eigenvalue weighted by molar-refractivity contribution is 6.63. The first-order valence-corrected chi connectivity index (χ1v) is 9.06. The van der Waals surface area contributed by atoms with Crippen molar-refractivity contribution in [3.05, 3.63) is 48.5 Å². The summed E-state index contributed by atoms with van der Waals surface area (Å²) in [6.07, 6.45) is 0. The quantitative estimate of drug-likeness (QED) is 0.413. The molecule has 26 heavy (non-hydrogen) atoms. The van der Waals surface area contributed by atoms with Crippen LogP contribution in [0.25, 0.3) is 32.3 Å². The average molecular weight is 342 g/mol. The van der Waals surface area contributed by atoms with Crippen LogP contribution in [-0.4, -0.2) is 40.7 Å². The summed E-state index contributed by atoms with van der Waals surface area (Å²) < 4.78 is 22.8. The zero-order valence-electron chi connectivity index (χ0n) is 14.2. The van der Waals surface area contributed by atoms with Crippen LogP contribution in [0, 0.1) is 0 Å². The summed E-state index contributed by atoms with van der Waals surface area (Å²) >= 11 is 0. The number of rotatable bonds is 2. The lowest BCUT2D eigenvalue weighted by Crippen LogP contribution is -2.32. The van der Waals surface area contributed by atoms with Gasteiger partial charge in [0.15, 0.2) is 0 Å². The minimum absolute atomic E-state index is 0.250. The summed E-state index contributed by atoms with van der Waals surface area (Å²) in [5.74, 6) is 0. The van der Waals surface area contributed by atoms with Crippen molar-refractivity contribution in [2.75, 3.05) is 26.4 Å². The number of benzene rings is 4. The van der Waals surface area contributed by atoms with Crippen molar-refractivity contribution >= 4 is 57.5 Å². The fraction of sp³-hybridized carbons (Fsp3) is 0.200. The monoisotopic (exact) mass is 342 g/mol. The van der Waals surface area contributed by atoms with Gasteiger partial charge >= 0.3 is 14.2 Å². The molecule has 0 aromatic heterocycles. The third-order valence-electron chi connectivity index (χ3n) is 5.37. The maximum absolute atomic E-state index is 5.69. The van der Waals surface area contributed by atoms with Crippen LogP contribution >= 0.6 is 0 Å². The summed E-state index contributed by atoms with van der Waals surface area (Å²) in [6, 6.07) is 17.5. The Morgan fingerprint density at radius 1 is 0.500 bits per heavy atom. The maximum atomic E-state index is 5.69. The summed E-state index contributed by atoms with van der Waals surface area (Å²) in [7, 11) is -0.500. The topological polar surface area (TPSA) is 36.9 Å². The van der Waals surface area contributed by atoms with Gasteiger partial charge in [0.25, 0.3) is 0 Å². The Morgan fingerprint density at radius 3 is 1.12 bits per heavy atom. The van der Waals surface area contributed by atoms with E-state index in [1.165, 1.54) is 32.3 Å². The maximum Gasteiger partial charge on any atom is 0.494 e. The Bertz CT molecular complexity index is 961. The van der Waals surface area contributed by atoms with Crippen molar-refractivity contribution < 1.29 is 18.6 Å². The van der Waals surface area contributed by atoms with Gasteiger partial charge < -0.3 is 18.6 Å².